The first-order valence-corrected chi connectivity index (χ1v) is 7.88. The molecule has 0 unspecified atom stereocenters. The Bertz CT molecular complexity index is 851. The first-order valence-electron chi connectivity index (χ1n) is 7.88. The second kappa shape index (κ2) is 6.69. The topological polar surface area (TPSA) is 77.8 Å². The second-order valence-electron chi connectivity index (χ2n) is 5.96. The maximum absolute atomic E-state index is 11.8. The average molecular weight is 334 g/mol. The van der Waals surface area contributed by atoms with Crippen molar-refractivity contribution in [1.29, 1.82) is 0 Å². The van der Waals surface area contributed by atoms with Gasteiger partial charge in [0, 0.05) is 5.92 Å². The van der Waals surface area contributed by atoms with Crippen LogP contribution in [0.5, 0.6) is 11.5 Å². The Kier molecular flexibility index (Phi) is 4.44. The van der Waals surface area contributed by atoms with E-state index in [1.165, 1.54) is 0 Å². The van der Waals surface area contributed by atoms with Gasteiger partial charge in [-0.25, -0.2) is 4.79 Å². The molecule has 0 aliphatic heterocycles. The largest absolute Gasteiger partial charge is 0.508 e. The molecule has 0 aromatic heterocycles. The Morgan fingerprint density at radius 2 is 1.28 bits per heavy atom. The molecule has 25 heavy (non-hydrogen) atoms. The highest BCUT2D eigenvalue weighted by Gasteiger charge is 2.23. The number of hydrogen-bond acceptors (Lipinski definition) is 3. The number of carboxylic acids is 1. The monoisotopic (exact) mass is 334 g/mol. The van der Waals surface area contributed by atoms with Crippen LogP contribution in [0.4, 0.5) is 0 Å². The molecule has 0 amide bonds. The molecule has 0 spiro atoms. The van der Waals surface area contributed by atoms with Gasteiger partial charge in [-0.1, -0.05) is 42.5 Å². The van der Waals surface area contributed by atoms with Gasteiger partial charge in [0.05, 0.1) is 5.56 Å². The Labute approximate surface area is 145 Å². The van der Waals surface area contributed by atoms with E-state index in [0.717, 1.165) is 11.1 Å². The molecule has 0 aliphatic rings. The number of phenols is 2. The summed E-state index contributed by atoms with van der Waals surface area (Å²) < 4.78 is 0. The molecule has 0 aliphatic carbocycles. The number of aromatic carboxylic acids is 1. The van der Waals surface area contributed by atoms with Crippen LogP contribution in [-0.4, -0.2) is 21.3 Å². The first-order chi connectivity index (χ1) is 12.0. The molecule has 0 saturated heterocycles. The highest BCUT2D eigenvalue weighted by molar-refractivity contribution is 5.91. The summed E-state index contributed by atoms with van der Waals surface area (Å²) in [5.41, 5.74) is 3.35. The van der Waals surface area contributed by atoms with E-state index in [1.54, 1.807) is 67.6 Å². The van der Waals surface area contributed by atoms with Crippen molar-refractivity contribution >= 4 is 5.97 Å². The minimum Gasteiger partial charge on any atom is -0.508 e. The molecule has 0 atom stereocenters. The van der Waals surface area contributed by atoms with E-state index in [-0.39, 0.29) is 23.0 Å². The quantitative estimate of drug-likeness (QED) is 0.622. The van der Waals surface area contributed by atoms with Gasteiger partial charge in [0.1, 0.15) is 11.5 Å². The summed E-state index contributed by atoms with van der Waals surface area (Å²) in [5, 5.41) is 28.8. The maximum Gasteiger partial charge on any atom is 0.336 e. The molecular weight excluding hydrogens is 316 g/mol. The summed E-state index contributed by atoms with van der Waals surface area (Å²) in [6.45, 7) is 1.78. The summed E-state index contributed by atoms with van der Waals surface area (Å²) in [6.07, 6.45) is 0. The van der Waals surface area contributed by atoms with Gasteiger partial charge in [-0.15, -0.1) is 0 Å². The van der Waals surface area contributed by atoms with Crippen LogP contribution in [0, 0.1) is 6.92 Å². The molecule has 0 heterocycles. The van der Waals surface area contributed by atoms with Gasteiger partial charge in [-0.3, -0.25) is 0 Å². The van der Waals surface area contributed by atoms with Crippen molar-refractivity contribution in [3.63, 3.8) is 0 Å². The smallest absolute Gasteiger partial charge is 0.336 e. The number of phenolic OH excluding ortho intramolecular Hbond substituents is 2. The predicted octanol–water partition coefficient (Wildman–Crippen LogP) is 4.28. The summed E-state index contributed by atoms with van der Waals surface area (Å²) >= 11 is 0. The lowest BCUT2D eigenvalue weighted by atomic mass is 9.81. The first kappa shape index (κ1) is 16.6. The molecular formula is C21H18O4. The third-order valence-electron chi connectivity index (χ3n) is 4.28. The Balaban J connectivity index is 2.25. The third-order valence-corrected chi connectivity index (χ3v) is 4.28. The number of carbonyl (C=O) groups is 1. The number of hydrogen-bond donors (Lipinski definition) is 3. The molecule has 3 N–H and O–H groups in total. The molecule has 3 aromatic rings. The van der Waals surface area contributed by atoms with Gasteiger partial charge in [-0.2, -0.15) is 0 Å². The normalized spacial score (nSPS) is 10.8. The number of rotatable bonds is 4. The van der Waals surface area contributed by atoms with Crippen LogP contribution in [0.15, 0.2) is 66.7 Å². The molecule has 0 radical (unpaired) electrons. The van der Waals surface area contributed by atoms with Crippen LogP contribution in [0.3, 0.4) is 0 Å². The van der Waals surface area contributed by atoms with Gasteiger partial charge < -0.3 is 15.3 Å². The predicted molar refractivity (Wildman–Crippen MR) is 95.3 cm³/mol. The van der Waals surface area contributed by atoms with E-state index in [1.807, 2.05) is 6.07 Å². The Morgan fingerprint density at radius 3 is 1.72 bits per heavy atom. The van der Waals surface area contributed by atoms with Crippen LogP contribution in [0.25, 0.3) is 0 Å². The Hall–Kier alpha value is -3.27. The molecule has 126 valence electrons. The molecule has 3 rings (SSSR count). The zero-order chi connectivity index (χ0) is 18.0. The van der Waals surface area contributed by atoms with Gasteiger partial charge in [0.15, 0.2) is 0 Å². The third kappa shape index (κ3) is 3.33. The van der Waals surface area contributed by atoms with Crippen molar-refractivity contribution in [2.45, 2.75) is 12.8 Å². The van der Waals surface area contributed by atoms with E-state index >= 15 is 0 Å². The Morgan fingerprint density at radius 1 is 0.800 bits per heavy atom. The minimum atomic E-state index is -0.976. The van der Waals surface area contributed by atoms with Gasteiger partial charge in [0.25, 0.3) is 0 Å². The van der Waals surface area contributed by atoms with E-state index in [0.29, 0.717) is 11.1 Å². The molecule has 4 heteroatoms. The van der Waals surface area contributed by atoms with Crippen molar-refractivity contribution < 1.29 is 20.1 Å². The van der Waals surface area contributed by atoms with Crippen molar-refractivity contribution in [1.82, 2.24) is 0 Å². The van der Waals surface area contributed by atoms with E-state index in [2.05, 4.69) is 0 Å². The van der Waals surface area contributed by atoms with E-state index < -0.39 is 5.97 Å². The standard InChI is InChI=1S/C21H18O4/c1-13-3-2-4-18(19(13)21(24)25)20(14-5-9-16(22)10-6-14)15-7-11-17(23)12-8-15/h2-12,20,22-23H,1H3,(H,24,25). The van der Waals surface area contributed by atoms with Crippen LogP contribution in [0.2, 0.25) is 0 Å². The maximum atomic E-state index is 11.8. The van der Waals surface area contributed by atoms with Crippen LogP contribution >= 0.6 is 0 Å². The fourth-order valence-corrected chi connectivity index (χ4v) is 3.11. The van der Waals surface area contributed by atoms with E-state index in [4.69, 9.17) is 0 Å². The molecule has 0 saturated carbocycles. The van der Waals surface area contributed by atoms with E-state index in [9.17, 15) is 20.1 Å². The minimum absolute atomic E-state index is 0.149. The zero-order valence-corrected chi connectivity index (χ0v) is 13.7. The van der Waals surface area contributed by atoms with Crippen LogP contribution in [-0.2, 0) is 0 Å². The highest BCUT2D eigenvalue weighted by Crippen LogP contribution is 2.36. The molecule has 0 fully saturated rings. The lowest BCUT2D eigenvalue weighted by Crippen LogP contribution is -2.11. The molecule has 4 nitrogen and oxygen atoms in total. The summed E-state index contributed by atoms with van der Waals surface area (Å²) in [4.78, 5) is 11.8. The van der Waals surface area contributed by atoms with Crippen molar-refractivity contribution in [3.8, 4) is 11.5 Å². The molecule has 3 aromatic carbocycles. The molecule has 0 bridgehead atoms. The van der Waals surface area contributed by atoms with Crippen molar-refractivity contribution in [2.24, 2.45) is 0 Å². The highest BCUT2D eigenvalue weighted by atomic mass is 16.4. The average Bonchev–Trinajstić information content (AvgIpc) is 2.58. The van der Waals surface area contributed by atoms with Gasteiger partial charge in [0.2, 0.25) is 0 Å². The summed E-state index contributed by atoms with van der Waals surface area (Å²) in [7, 11) is 0. The zero-order valence-electron chi connectivity index (χ0n) is 13.7. The number of aromatic hydroxyl groups is 2. The fourth-order valence-electron chi connectivity index (χ4n) is 3.11. The van der Waals surface area contributed by atoms with Crippen LogP contribution in [0.1, 0.15) is 38.5 Å². The SMILES string of the molecule is Cc1cccc(C(c2ccc(O)cc2)c2ccc(O)cc2)c1C(=O)O. The number of carboxylic acid groups (broad SMARTS) is 1. The van der Waals surface area contributed by atoms with Crippen molar-refractivity contribution in [3.05, 3.63) is 94.5 Å². The number of aryl methyl sites for hydroxylation is 1. The number of benzene rings is 3. The lowest BCUT2D eigenvalue weighted by Gasteiger charge is -2.22. The van der Waals surface area contributed by atoms with Crippen LogP contribution < -0.4 is 0 Å². The van der Waals surface area contributed by atoms with Gasteiger partial charge >= 0.3 is 5.97 Å². The lowest BCUT2D eigenvalue weighted by molar-refractivity contribution is 0.0694. The second-order valence-corrected chi connectivity index (χ2v) is 5.96. The summed E-state index contributed by atoms with van der Waals surface area (Å²) in [6, 6.07) is 18.9. The fraction of sp³-hybridized carbons (Fsp3) is 0.0952. The summed E-state index contributed by atoms with van der Waals surface area (Å²) in [5.74, 6) is -1.00. The van der Waals surface area contributed by atoms with Gasteiger partial charge in [-0.05, 0) is 53.4 Å². The van der Waals surface area contributed by atoms with Crippen molar-refractivity contribution in [2.75, 3.05) is 0 Å².